The van der Waals surface area contributed by atoms with Crippen molar-refractivity contribution in [3.63, 3.8) is 0 Å². The zero-order valence-corrected chi connectivity index (χ0v) is 18.7. The molecule has 0 radical (unpaired) electrons. The van der Waals surface area contributed by atoms with Gasteiger partial charge in [0.1, 0.15) is 17.8 Å². The van der Waals surface area contributed by atoms with Gasteiger partial charge in [-0.2, -0.15) is 17.0 Å². The predicted molar refractivity (Wildman–Crippen MR) is 122 cm³/mol. The molecular weight excluding hydrogens is 428 g/mol. The van der Waals surface area contributed by atoms with Gasteiger partial charge in [-0.3, -0.25) is 0 Å². The standard InChI is InChI=1S/C22H28N6O3S/c29-15-14-27(11-7-18-4-2-1-3-5-18)32(30,31)28-13-12-26(16-22(28)8-9-22)21-19-6-10-23-20(19)24-17-25-21/h1-6,10,17,29H,7-9,11-16H2,(H,23,24,25). The molecule has 170 valence electrons. The van der Waals surface area contributed by atoms with Crippen LogP contribution >= 0.6 is 0 Å². The summed E-state index contributed by atoms with van der Waals surface area (Å²) in [4.78, 5) is 14.0. The second kappa shape index (κ2) is 8.43. The van der Waals surface area contributed by atoms with E-state index < -0.39 is 15.7 Å². The third-order valence-corrected chi connectivity index (χ3v) is 8.64. The molecule has 9 nitrogen and oxygen atoms in total. The molecule has 1 aliphatic heterocycles. The predicted octanol–water partition coefficient (Wildman–Crippen LogP) is 1.39. The Bertz CT molecular complexity index is 1180. The normalized spacial score (nSPS) is 18.6. The first kappa shape index (κ1) is 21.3. The minimum Gasteiger partial charge on any atom is -0.395 e. The molecule has 1 saturated carbocycles. The van der Waals surface area contributed by atoms with Gasteiger partial charge >= 0.3 is 0 Å². The SMILES string of the molecule is O=S(=O)(N(CCO)CCc1ccccc1)N1CCN(c2ncnc3[nH]ccc23)CC12CC2. The highest BCUT2D eigenvalue weighted by Crippen LogP contribution is 2.47. The summed E-state index contributed by atoms with van der Waals surface area (Å²) >= 11 is 0. The zero-order valence-electron chi connectivity index (χ0n) is 17.9. The van der Waals surface area contributed by atoms with E-state index in [9.17, 15) is 13.5 Å². The molecule has 10 heteroatoms. The fourth-order valence-electron chi connectivity index (χ4n) is 4.66. The summed E-state index contributed by atoms with van der Waals surface area (Å²) < 4.78 is 30.4. The van der Waals surface area contributed by atoms with Crippen LogP contribution in [0, 0.1) is 0 Å². The molecule has 0 bridgehead atoms. The van der Waals surface area contributed by atoms with E-state index in [0.29, 0.717) is 32.6 Å². The van der Waals surface area contributed by atoms with Crippen LogP contribution in [0.1, 0.15) is 18.4 Å². The Morgan fingerprint density at radius 2 is 1.91 bits per heavy atom. The van der Waals surface area contributed by atoms with Gasteiger partial charge in [0.15, 0.2) is 0 Å². The quantitative estimate of drug-likeness (QED) is 0.531. The van der Waals surface area contributed by atoms with Gasteiger partial charge in [0.05, 0.1) is 17.5 Å². The molecule has 2 aromatic heterocycles. The molecule has 1 saturated heterocycles. The molecule has 1 aliphatic carbocycles. The van der Waals surface area contributed by atoms with Gasteiger partial charge in [0.25, 0.3) is 10.2 Å². The first-order valence-electron chi connectivity index (χ1n) is 11.0. The molecule has 3 aromatic rings. The minimum atomic E-state index is -3.70. The molecule has 32 heavy (non-hydrogen) atoms. The Labute approximate surface area is 187 Å². The number of aliphatic hydroxyl groups excluding tert-OH is 1. The summed E-state index contributed by atoms with van der Waals surface area (Å²) in [7, 11) is -3.70. The molecule has 0 atom stereocenters. The van der Waals surface area contributed by atoms with Crippen LogP contribution < -0.4 is 4.90 Å². The Balaban J connectivity index is 1.35. The van der Waals surface area contributed by atoms with Crippen LogP contribution in [0.15, 0.2) is 48.9 Å². The number of benzene rings is 1. The number of piperazine rings is 1. The number of fused-ring (bicyclic) bond motifs is 1. The summed E-state index contributed by atoms with van der Waals surface area (Å²) in [5, 5.41) is 10.5. The highest BCUT2D eigenvalue weighted by molar-refractivity contribution is 7.86. The molecule has 2 fully saturated rings. The highest BCUT2D eigenvalue weighted by atomic mass is 32.2. The average molecular weight is 457 g/mol. The highest BCUT2D eigenvalue weighted by Gasteiger charge is 2.57. The van der Waals surface area contributed by atoms with E-state index in [1.165, 1.54) is 4.31 Å². The van der Waals surface area contributed by atoms with Crippen LogP contribution in [0.3, 0.4) is 0 Å². The van der Waals surface area contributed by atoms with Gasteiger partial charge < -0.3 is 15.0 Å². The Morgan fingerprint density at radius 1 is 1.09 bits per heavy atom. The molecular formula is C22H28N6O3S. The van der Waals surface area contributed by atoms with Gasteiger partial charge in [-0.25, -0.2) is 9.97 Å². The van der Waals surface area contributed by atoms with Crippen molar-refractivity contribution < 1.29 is 13.5 Å². The Kier molecular flexibility index (Phi) is 5.62. The lowest BCUT2D eigenvalue weighted by molar-refractivity contribution is 0.219. The number of aromatic nitrogens is 3. The fraction of sp³-hybridized carbons (Fsp3) is 0.455. The molecule has 2 aliphatic rings. The van der Waals surface area contributed by atoms with Crippen LogP contribution in [-0.2, 0) is 16.6 Å². The molecule has 0 unspecified atom stereocenters. The summed E-state index contributed by atoms with van der Waals surface area (Å²) in [5.41, 5.74) is 1.45. The maximum absolute atomic E-state index is 13.7. The van der Waals surface area contributed by atoms with Crippen molar-refractivity contribution in [3.8, 4) is 0 Å². The van der Waals surface area contributed by atoms with Crippen molar-refractivity contribution in [1.29, 1.82) is 0 Å². The van der Waals surface area contributed by atoms with Crippen LogP contribution in [-0.4, -0.2) is 82.0 Å². The molecule has 0 amide bonds. The summed E-state index contributed by atoms with van der Waals surface area (Å²) in [5.74, 6) is 0.843. The fourth-order valence-corrected chi connectivity index (χ4v) is 6.61. The lowest BCUT2D eigenvalue weighted by atomic mass is 10.1. The lowest BCUT2D eigenvalue weighted by Crippen LogP contribution is -2.60. The number of aromatic amines is 1. The maximum atomic E-state index is 13.7. The summed E-state index contributed by atoms with van der Waals surface area (Å²) in [6.45, 7) is 1.80. The number of nitrogens with zero attached hydrogens (tertiary/aromatic N) is 5. The summed E-state index contributed by atoms with van der Waals surface area (Å²) in [6.07, 6.45) is 5.66. The molecule has 1 spiro atoms. The first-order chi connectivity index (χ1) is 15.5. The molecule has 5 rings (SSSR count). The zero-order chi connectivity index (χ0) is 22.2. The van der Waals surface area contributed by atoms with Crippen LogP contribution in [0.4, 0.5) is 5.82 Å². The van der Waals surface area contributed by atoms with E-state index in [1.807, 2.05) is 42.6 Å². The van der Waals surface area contributed by atoms with Crippen molar-refractivity contribution in [2.75, 3.05) is 44.2 Å². The van der Waals surface area contributed by atoms with E-state index in [0.717, 1.165) is 35.3 Å². The van der Waals surface area contributed by atoms with Crippen molar-refractivity contribution in [1.82, 2.24) is 23.6 Å². The molecule has 1 aromatic carbocycles. The Hall–Kier alpha value is -2.53. The maximum Gasteiger partial charge on any atom is 0.282 e. The topological polar surface area (TPSA) is 106 Å². The monoisotopic (exact) mass is 456 g/mol. The number of anilines is 1. The van der Waals surface area contributed by atoms with E-state index in [-0.39, 0.29) is 13.2 Å². The van der Waals surface area contributed by atoms with Gasteiger partial charge in [-0.1, -0.05) is 30.3 Å². The smallest absolute Gasteiger partial charge is 0.282 e. The van der Waals surface area contributed by atoms with Crippen molar-refractivity contribution in [3.05, 3.63) is 54.5 Å². The average Bonchev–Trinajstić information content (AvgIpc) is 3.37. The van der Waals surface area contributed by atoms with Gasteiger partial charge in [0, 0.05) is 38.9 Å². The second-order valence-corrected chi connectivity index (χ2v) is 10.4. The molecule has 3 heterocycles. The van der Waals surface area contributed by atoms with Crippen LogP contribution in [0.5, 0.6) is 0 Å². The number of hydrogen-bond donors (Lipinski definition) is 2. The number of nitrogens with one attached hydrogen (secondary N) is 1. The Morgan fingerprint density at radius 3 is 2.66 bits per heavy atom. The third kappa shape index (κ3) is 3.88. The van der Waals surface area contributed by atoms with Gasteiger partial charge in [0.2, 0.25) is 0 Å². The van der Waals surface area contributed by atoms with Crippen molar-refractivity contribution in [2.45, 2.75) is 24.8 Å². The number of rotatable bonds is 8. The first-order valence-corrected chi connectivity index (χ1v) is 12.4. The van der Waals surface area contributed by atoms with Crippen LogP contribution in [0.2, 0.25) is 0 Å². The minimum absolute atomic E-state index is 0.0986. The van der Waals surface area contributed by atoms with E-state index in [2.05, 4.69) is 19.9 Å². The van der Waals surface area contributed by atoms with Crippen LogP contribution in [0.25, 0.3) is 11.0 Å². The van der Waals surface area contributed by atoms with Crippen molar-refractivity contribution >= 4 is 27.1 Å². The molecule has 2 N–H and O–H groups in total. The van der Waals surface area contributed by atoms with Crippen molar-refractivity contribution in [2.24, 2.45) is 0 Å². The second-order valence-electron chi connectivity index (χ2n) is 8.52. The number of aliphatic hydroxyl groups is 1. The number of hydrogen-bond acceptors (Lipinski definition) is 6. The van der Waals surface area contributed by atoms with E-state index in [1.54, 1.807) is 10.6 Å². The summed E-state index contributed by atoms with van der Waals surface area (Å²) in [6, 6.07) is 11.8. The number of H-pyrrole nitrogens is 1. The third-order valence-electron chi connectivity index (χ3n) is 6.49. The van der Waals surface area contributed by atoms with Gasteiger partial charge in [-0.15, -0.1) is 0 Å². The largest absolute Gasteiger partial charge is 0.395 e. The van der Waals surface area contributed by atoms with E-state index in [4.69, 9.17) is 0 Å². The lowest BCUT2D eigenvalue weighted by Gasteiger charge is -2.43. The van der Waals surface area contributed by atoms with Gasteiger partial charge in [-0.05, 0) is 30.9 Å². The van der Waals surface area contributed by atoms with E-state index >= 15 is 0 Å².